The van der Waals surface area contributed by atoms with E-state index in [9.17, 15) is 4.21 Å². The van der Waals surface area contributed by atoms with E-state index >= 15 is 0 Å². The molecule has 0 N–H and O–H groups in total. The van der Waals surface area contributed by atoms with Crippen LogP contribution >= 0.6 is 0 Å². The van der Waals surface area contributed by atoms with Crippen LogP contribution in [0.1, 0.15) is 50.3 Å². The number of aromatic nitrogens is 1. The molecule has 5 nitrogen and oxygen atoms in total. The first-order valence-corrected chi connectivity index (χ1v) is 13.1. The highest BCUT2D eigenvalue weighted by atomic mass is 32.2. The summed E-state index contributed by atoms with van der Waals surface area (Å²) in [7, 11) is -1.17. The summed E-state index contributed by atoms with van der Waals surface area (Å²) in [6.07, 6.45) is 0. The summed E-state index contributed by atoms with van der Waals surface area (Å²) in [5.74, 6) is 0.789. The highest BCUT2D eigenvalue weighted by Gasteiger charge is 2.24. The van der Waals surface area contributed by atoms with E-state index < -0.39 is 11.0 Å². The molecule has 0 radical (unpaired) electrons. The summed E-state index contributed by atoms with van der Waals surface area (Å²) >= 11 is 0. The number of benzene rings is 2. The Labute approximate surface area is 202 Å². The summed E-state index contributed by atoms with van der Waals surface area (Å²) in [6, 6.07) is 16.7. The molecule has 0 amide bonds. The molecule has 2 aromatic carbocycles. The lowest BCUT2D eigenvalue weighted by Crippen LogP contribution is -2.46. The van der Waals surface area contributed by atoms with Gasteiger partial charge in [0.2, 0.25) is 0 Å². The van der Waals surface area contributed by atoms with E-state index in [1.54, 1.807) is 0 Å². The maximum absolute atomic E-state index is 13.4. The highest BCUT2D eigenvalue weighted by Crippen LogP contribution is 2.30. The minimum absolute atomic E-state index is 0.789. The molecule has 180 valence electrons. The van der Waals surface area contributed by atoms with Crippen LogP contribution in [0.5, 0.6) is 0 Å². The second-order valence-corrected chi connectivity index (χ2v) is 9.07. The second-order valence-electron chi connectivity index (χ2n) is 7.62. The lowest BCUT2D eigenvalue weighted by Gasteiger charge is -2.34. The topological polar surface area (TPSA) is 49.6 Å². The molecule has 2 heterocycles. The van der Waals surface area contributed by atoms with Crippen molar-refractivity contribution in [2.75, 3.05) is 26.2 Å². The summed E-state index contributed by atoms with van der Waals surface area (Å²) in [5, 5.41) is 4.06. The summed E-state index contributed by atoms with van der Waals surface area (Å²) in [6.45, 7) is 18.3. The molecule has 1 saturated heterocycles. The van der Waals surface area contributed by atoms with Gasteiger partial charge < -0.3 is 4.52 Å². The van der Waals surface area contributed by atoms with Gasteiger partial charge >= 0.3 is 0 Å². The molecular formula is C27H39N3O2S. The number of hydrogen-bond acceptors (Lipinski definition) is 4. The van der Waals surface area contributed by atoms with Crippen LogP contribution in [-0.2, 0) is 17.5 Å². The predicted molar refractivity (Wildman–Crippen MR) is 139 cm³/mol. The second kappa shape index (κ2) is 13.4. The average Bonchev–Trinajstić information content (AvgIpc) is 3.20. The lowest BCUT2D eigenvalue weighted by atomic mass is 10.0. The molecule has 0 spiro atoms. The van der Waals surface area contributed by atoms with Crippen LogP contribution in [0.2, 0.25) is 0 Å². The Kier molecular flexibility index (Phi) is 11.0. The van der Waals surface area contributed by atoms with Gasteiger partial charge in [-0.05, 0) is 43.5 Å². The lowest BCUT2D eigenvalue weighted by molar-refractivity contribution is 0.185. The Balaban J connectivity index is 0.000000914. The summed E-state index contributed by atoms with van der Waals surface area (Å²) < 4.78 is 20.8. The number of hydrogen-bond donors (Lipinski definition) is 0. The number of aryl methyl sites for hydroxylation is 3. The van der Waals surface area contributed by atoms with Crippen LogP contribution in [0.3, 0.4) is 0 Å². The number of rotatable bonds is 5. The molecule has 0 saturated carbocycles. The first-order chi connectivity index (χ1) is 16.0. The first-order valence-electron chi connectivity index (χ1n) is 12.0. The van der Waals surface area contributed by atoms with Gasteiger partial charge in [-0.2, -0.15) is 0 Å². The molecule has 0 bridgehead atoms. The van der Waals surface area contributed by atoms with Crippen LogP contribution in [0.25, 0.3) is 11.1 Å². The molecule has 1 fully saturated rings. The van der Waals surface area contributed by atoms with Crippen molar-refractivity contribution in [2.45, 2.75) is 59.9 Å². The molecule has 33 heavy (non-hydrogen) atoms. The normalized spacial score (nSPS) is 15.1. The fourth-order valence-corrected chi connectivity index (χ4v) is 5.22. The van der Waals surface area contributed by atoms with E-state index in [1.807, 2.05) is 66.7 Å². The van der Waals surface area contributed by atoms with Crippen molar-refractivity contribution in [3.05, 3.63) is 71.1 Å². The molecule has 1 unspecified atom stereocenters. The fraction of sp³-hybridized carbons (Fsp3) is 0.444. The monoisotopic (exact) mass is 469 g/mol. The zero-order valence-corrected chi connectivity index (χ0v) is 22.0. The zero-order valence-electron chi connectivity index (χ0n) is 21.2. The molecule has 3 aromatic rings. The third-order valence-electron chi connectivity index (χ3n) is 5.51. The molecule has 1 aliphatic rings. The van der Waals surface area contributed by atoms with Crippen molar-refractivity contribution >= 4 is 11.0 Å². The molecule has 6 heteroatoms. The smallest absolute Gasteiger partial charge is 0.141 e. The quantitative estimate of drug-likeness (QED) is 0.449. The van der Waals surface area contributed by atoms with Crippen molar-refractivity contribution in [3.63, 3.8) is 0 Å². The molecule has 1 atom stereocenters. The van der Waals surface area contributed by atoms with E-state index in [-0.39, 0.29) is 0 Å². The van der Waals surface area contributed by atoms with Crippen LogP contribution in [-0.4, -0.2) is 44.7 Å². The Morgan fingerprint density at radius 3 is 2.12 bits per heavy atom. The van der Waals surface area contributed by atoms with Gasteiger partial charge in [-0.25, -0.2) is 8.51 Å². The minimum atomic E-state index is -1.17. The Morgan fingerprint density at radius 2 is 1.55 bits per heavy atom. The molecule has 1 aliphatic heterocycles. The third-order valence-corrected chi connectivity index (χ3v) is 7.16. The Bertz CT molecular complexity index is 990. The van der Waals surface area contributed by atoms with Gasteiger partial charge in [0.1, 0.15) is 16.7 Å². The number of piperazine rings is 1. The van der Waals surface area contributed by atoms with E-state index in [0.717, 1.165) is 65.8 Å². The number of nitrogens with zero attached hydrogens (tertiary/aromatic N) is 3. The van der Waals surface area contributed by atoms with Gasteiger partial charge in [-0.3, -0.25) is 4.90 Å². The van der Waals surface area contributed by atoms with Crippen LogP contribution in [0, 0.1) is 20.8 Å². The van der Waals surface area contributed by atoms with Crippen LogP contribution in [0.4, 0.5) is 0 Å². The van der Waals surface area contributed by atoms with Crippen molar-refractivity contribution in [1.82, 2.24) is 14.4 Å². The standard InChI is InChI=1S/C23H27N3O2S.2C2H6/c1-17-9-10-21(23-18(2)24-28-19(23)3)15-22(17)29(27)26-13-11-25(12-14-26)16-20-7-5-4-6-8-20;2*1-2/h4-10,15H,11-14,16H2,1-3H3;2*1-2H3. The van der Waals surface area contributed by atoms with Gasteiger partial charge in [-0.15, -0.1) is 0 Å². The molecule has 0 aliphatic carbocycles. The maximum atomic E-state index is 13.4. The van der Waals surface area contributed by atoms with E-state index in [1.165, 1.54) is 5.56 Å². The minimum Gasteiger partial charge on any atom is -0.361 e. The van der Waals surface area contributed by atoms with Crippen LogP contribution < -0.4 is 0 Å². The first kappa shape index (κ1) is 27.0. The van der Waals surface area contributed by atoms with E-state index in [4.69, 9.17) is 4.52 Å². The zero-order chi connectivity index (χ0) is 24.4. The van der Waals surface area contributed by atoms with Gasteiger partial charge in [0.25, 0.3) is 0 Å². The summed E-state index contributed by atoms with van der Waals surface area (Å²) in [4.78, 5) is 3.30. The maximum Gasteiger partial charge on any atom is 0.141 e. The highest BCUT2D eigenvalue weighted by molar-refractivity contribution is 7.82. The SMILES string of the molecule is CC.CC.Cc1ccc(-c2c(C)noc2C)cc1S(=O)N1CCN(Cc2ccccc2)CC1. The molecular weight excluding hydrogens is 430 g/mol. The molecule has 4 rings (SSSR count). The Hall–Kier alpha value is -2.28. The van der Waals surface area contributed by atoms with Crippen molar-refractivity contribution in [1.29, 1.82) is 0 Å². The third kappa shape index (κ3) is 6.85. The van der Waals surface area contributed by atoms with Crippen molar-refractivity contribution < 1.29 is 8.73 Å². The largest absolute Gasteiger partial charge is 0.361 e. The van der Waals surface area contributed by atoms with Gasteiger partial charge in [0, 0.05) is 38.3 Å². The van der Waals surface area contributed by atoms with Crippen molar-refractivity contribution in [2.24, 2.45) is 0 Å². The predicted octanol–water partition coefficient (Wildman–Crippen LogP) is 6.16. The van der Waals surface area contributed by atoms with Gasteiger partial charge in [-0.1, -0.05) is 75.3 Å². The van der Waals surface area contributed by atoms with Gasteiger partial charge in [0.05, 0.1) is 10.6 Å². The molecule has 1 aromatic heterocycles. The van der Waals surface area contributed by atoms with E-state index in [0.29, 0.717) is 0 Å². The van der Waals surface area contributed by atoms with E-state index in [2.05, 4.69) is 44.7 Å². The van der Waals surface area contributed by atoms with Gasteiger partial charge in [0.15, 0.2) is 0 Å². The fourth-order valence-electron chi connectivity index (χ4n) is 3.87. The Morgan fingerprint density at radius 1 is 0.909 bits per heavy atom. The van der Waals surface area contributed by atoms with Crippen LogP contribution in [0.15, 0.2) is 57.9 Å². The average molecular weight is 470 g/mol. The van der Waals surface area contributed by atoms with Crippen molar-refractivity contribution in [3.8, 4) is 11.1 Å². The summed E-state index contributed by atoms with van der Waals surface area (Å²) in [5.41, 5.74) is 5.24.